The van der Waals surface area contributed by atoms with Gasteiger partial charge in [0.15, 0.2) is 0 Å². The molecule has 1 aliphatic rings. The minimum atomic E-state index is -3.21. The van der Waals surface area contributed by atoms with Crippen molar-refractivity contribution < 1.29 is 8.42 Å². The number of nitrogens with zero attached hydrogens (tertiary/aromatic N) is 1. The van der Waals surface area contributed by atoms with Gasteiger partial charge in [0.05, 0.1) is 4.90 Å². The van der Waals surface area contributed by atoms with Crippen LogP contribution < -0.4 is 0 Å². The molecule has 0 fully saturated rings. The average Bonchev–Trinajstić information content (AvgIpc) is 2.49. The van der Waals surface area contributed by atoms with Crippen LogP contribution in [-0.2, 0) is 16.6 Å². The smallest absolute Gasteiger partial charge is 0.207 e. The molecule has 0 amide bonds. The zero-order valence-electron chi connectivity index (χ0n) is 9.43. The maximum atomic E-state index is 11.9. The average molecular weight is 257 g/mol. The summed E-state index contributed by atoms with van der Waals surface area (Å²) in [7, 11) is -1.58. The van der Waals surface area contributed by atoms with Gasteiger partial charge in [-0.1, -0.05) is 13.0 Å². The second-order valence-electron chi connectivity index (χ2n) is 3.84. The van der Waals surface area contributed by atoms with Crippen molar-refractivity contribution in [1.82, 2.24) is 4.31 Å². The molecule has 0 atom stereocenters. The van der Waals surface area contributed by atoms with Crippen molar-refractivity contribution >= 4 is 21.8 Å². The minimum absolute atomic E-state index is 0.483. The molecule has 3 nitrogen and oxygen atoms in total. The molecule has 0 N–H and O–H groups in total. The number of thioether (sulfide) groups is 1. The highest BCUT2D eigenvalue weighted by atomic mass is 32.2. The summed E-state index contributed by atoms with van der Waals surface area (Å²) in [6.45, 7) is 2.63. The zero-order valence-corrected chi connectivity index (χ0v) is 11.1. The van der Waals surface area contributed by atoms with Gasteiger partial charge in [0.1, 0.15) is 0 Å². The molecule has 0 saturated heterocycles. The molecule has 0 saturated carbocycles. The molecule has 1 aromatic rings. The first kappa shape index (κ1) is 12.0. The van der Waals surface area contributed by atoms with E-state index in [4.69, 9.17) is 0 Å². The van der Waals surface area contributed by atoms with Crippen LogP contribution in [-0.4, -0.2) is 25.5 Å². The van der Waals surface area contributed by atoms with Crippen LogP contribution in [0.5, 0.6) is 0 Å². The summed E-state index contributed by atoms with van der Waals surface area (Å²) >= 11 is 1.74. The van der Waals surface area contributed by atoms with Crippen LogP contribution in [0.1, 0.15) is 18.9 Å². The van der Waals surface area contributed by atoms with Crippen molar-refractivity contribution in [3.63, 3.8) is 0 Å². The lowest BCUT2D eigenvalue weighted by Crippen LogP contribution is -2.18. The fourth-order valence-electron chi connectivity index (χ4n) is 1.77. The number of fused-ring (bicyclic) bond motifs is 1. The Morgan fingerprint density at radius 1 is 1.44 bits per heavy atom. The third kappa shape index (κ3) is 1.87. The van der Waals surface area contributed by atoms with Gasteiger partial charge in [-0.15, -0.1) is 11.8 Å². The summed E-state index contributed by atoms with van der Waals surface area (Å²) in [6.07, 6.45) is 1.09. The number of hydrogen-bond acceptors (Lipinski definition) is 3. The molecule has 0 aliphatic carbocycles. The second kappa shape index (κ2) is 4.39. The summed E-state index contributed by atoms with van der Waals surface area (Å²) in [5.74, 6) is 1.03. The molecule has 1 aliphatic heterocycles. The summed E-state index contributed by atoms with van der Waals surface area (Å²) in [4.78, 5) is 1.59. The van der Waals surface area contributed by atoms with Gasteiger partial charge < -0.3 is 0 Å². The van der Waals surface area contributed by atoms with Gasteiger partial charge in [-0.2, -0.15) is 4.31 Å². The molecule has 0 aromatic heterocycles. The van der Waals surface area contributed by atoms with Crippen molar-refractivity contribution in [2.75, 3.05) is 12.8 Å². The highest BCUT2D eigenvalue weighted by molar-refractivity contribution is 7.99. The molecular weight excluding hydrogens is 242 g/mol. The third-order valence-electron chi connectivity index (χ3n) is 2.62. The Morgan fingerprint density at radius 3 is 2.88 bits per heavy atom. The Balaban J connectivity index is 2.45. The molecular formula is C11H15NO2S2. The van der Waals surface area contributed by atoms with E-state index in [1.165, 1.54) is 4.31 Å². The molecule has 16 heavy (non-hydrogen) atoms. The van der Waals surface area contributed by atoms with E-state index in [0.717, 1.165) is 22.6 Å². The van der Waals surface area contributed by atoms with Crippen LogP contribution in [0.2, 0.25) is 0 Å². The quantitative estimate of drug-likeness (QED) is 0.780. The van der Waals surface area contributed by atoms with Crippen LogP contribution in [0, 0.1) is 0 Å². The van der Waals surface area contributed by atoms with E-state index in [9.17, 15) is 8.42 Å². The summed E-state index contributed by atoms with van der Waals surface area (Å²) in [5, 5.41) is 0. The summed E-state index contributed by atoms with van der Waals surface area (Å²) in [6, 6.07) is 5.53. The largest absolute Gasteiger partial charge is 0.243 e. The Kier molecular flexibility index (Phi) is 3.28. The predicted molar refractivity (Wildman–Crippen MR) is 66.1 cm³/mol. The first-order chi connectivity index (χ1) is 7.57. The SMILES string of the molecule is CCCSc1cccc2c1CN(C)S2(=O)=O. The van der Waals surface area contributed by atoms with E-state index in [1.54, 1.807) is 24.9 Å². The van der Waals surface area contributed by atoms with E-state index in [-0.39, 0.29) is 0 Å². The lowest BCUT2D eigenvalue weighted by Gasteiger charge is -2.05. The van der Waals surface area contributed by atoms with Crippen molar-refractivity contribution in [2.24, 2.45) is 0 Å². The Bertz CT molecular complexity index is 497. The number of sulfonamides is 1. The van der Waals surface area contributed by atoms with E-state index in [0.29, 0.717) is 11.4 Å². The first-order valence-corrected chi connectivity index (χ1v) is 7.71. The van der Waals surface area contributed by atoms with Gasteiger partial charge in [0.25, 0.3) is 0 Å². The summed E-state index contributed by atoms with van der Waals surface area (Å²) in [5.41, 5.74) is 0.962. The summed E-state index contributed by atoms with van der Waals surface area (Å²) < 4.78 is 25.3. The van der Waals surface area contributed by atoms with E-state index in [2.05, 4.69) is 6.92 Å². The van der Waals surface area contributed by atoms with E-state index < -0.39 is 10.0 Å². The zero-order chi connectivity index (χ0) is 11.8. The van der Waals surface area contributed by atoms with Crippen molar-refractivity contribution in [3.05, 3.63) is 23.8 Å². The molecule has 5 heteroatoms. The Hall–Kier alpha value is -0.520. The maximum absolute atomic E-state index is 11.9. The van der Waals surface area contributed by atoms with E-state index in [1.807, 2.05) is 12.1 Å². The van der Waals surface area contributed by atoms with Crippen molar-refractivity contribution in [1.29, 1.82) is 0 Å². The van der Waals surface area contributed by atoms with Gasteiger partial charge in [0.2, 0.25) is 10.0 Å². The van der Waals surface area contributed by atoms with Gasteiger partial charge in [-0.3, -0.25) is 0 Å². The number of benzene rings is 1. The van der Waals surface area contributed by atoms with Crippen LogP contribution in [0.4, 0.5) is 0 Å². The lowest BCUT2D eigenvalue weighted by atomic mass is 10.2. The second-order valence-corrected chi connectivity index (χ2v) is 6.99. The van der Waals surface area contributed by atoms with Crippen molar-refractivity contribution in [2.45, 2.75) is 29.7 Å². The predicted octanol–water partition coefficient (Wildman–Crippen LogP) is 2.32. The highest BCUT2D eigenvalue weighted by Crippen LogP contribution is 2.35. The lowest BCUT2D eigenvalue weighted by molar-refractivity contribution is 0.487. The van der Waals surface area contributed by atoms with Crippen LogP contribution in [0.3, 0.4) is 0 Å². The van der Waals surface area contributed by atoms with E-state index >= 15 is 0 Å². The molecule has 0 radical (unpaired) electrons. The van der Waals surface area contributed by atoms with Gasteiger partial charge in [-0.05, 0) is 24.3 Å². The molecule has 0 bridgehead atoms. The number of hydrogen-bond donors (Lipinski definition) is 0. The van der Waals surface area contributed by atoms with Crippen LogP contribution >= 0.6 is 11.8 Å². The molecule has 2 rings (SSSR count). The molecule has 0 spiro atoms. The molecule has 1 heterocycles. The Morgan fingerprint density at radius 2 is 2.19 bits per heavy atom. The topological polar surface area (TPSA) is 37.4 Å². The normalized spacial score (nSPS) is 18.6. The molecule has 1 aromatic carbocycles. The van der Waals surface area contributed by atoms with Gasteiger partial charge in [-0.25, -0.2) is 8.42 Å². The van der Waals surface area contributed by atoms with Crippen LogP contribution in [0.25, 0.3) is 0 Å². The highest BCUT2D eigenvalue weighted by Gasteiger charge is 2.32. The fourth-order valence-corrected chi connectivity index (χ4v) is 4.15. The first-order valence-electron chi connectivity index (χ1n) is 5.28. The van der Waals surface area contributed by atoms with Gasteiger partial charge >= 0.3 is 0 Å². The van der Waals surface area contributed by atoms with Crippen LogP contribution in [0.15, 0.2) is 28.0 Å². The molecule has 88 valence electrons. The maximum Gasteiger partial charge on any atom is 0.243 e. The fraction of sp³-hybridized carbons (Fsp3) is 0.455. The third-order valence-corrected chi connectivity index (χ3v) is 5.81. The standard InChI is InChI=1S/C11H15NO2S2/c1-3-7-15-10-5-4-6-11-9(10)8-12(2)16(11,13)14/h4-6H,3,7-8H2,1-2H3. The monoisotopic (exact) mass is 257 g/mol. The Labute approximate surface area is 101 Å². The van der Waals surface area contributed by atoms with Gasteiger partial charge in [0, 0.05) is 24.1 Å². The molecule has 0 unspecified atom stereocenters. The number of rotatable bonds is 3. The van der Waals surface area contributed by atoms with Crippen molar-refractivity contribution in [3.8, 4) is 0 Å². The minimum Gasteiger partial charge on any atom is -0.207 e.